The van der Waals surface area contributed by atoms with E-state index in [1.54, 1.807) is 0 Å². The molecule has 0 spiro atoms. The molecule has 2 unspecified atom stereocenters. The maximum Gasteiger partial charge on any atom is 0.326 e. The number of carboxylic acids is 1. The number of unbranched alkanes of at least 4 members (excludes halogenated alkanes) is 9. The van der Waals surface area contributed by atoms with E-state index in [-0.39, 0.29) is 38.3 Å². The van der Waals surface area contributed by atoms with E-state index < -0.39 is 47.9 Å². The van der Waals surface area contributed by atoms with Crippen LogP contribution in [0.3, 0.4) is 0 Å². The van der Waals surface area contributed by atoms with E-state index in [9.17, 15) is 34.2 Å². The van der Waals surface area contributed by atoms with Gasteiger partial charge in [0.25, 0.3) is 0 Å². The average molecular weight is 630 g/mol. The second kappa shape index (κ2) is 23.1. The van der Waals surface area contributed by atoms with E-state index in [2.05, 4.69) is 22.9 Å². The molecule has 43 heavy (non-hydrogen) atoms. The number of aliphatic hydroxyl groups is 1. The molecule has 0 aliphatic carbocycles. The third kappa shape index (κ3) is 16.3. The first-order valence-electron chi connectivity index (χ1n) is 15.9. The highest BCUT2D eigenvalue weighted by Crippen LogP contribution is 2.19. The number of carbonyl (C=O) groups excluding carboxylic acids is 4. The predicted octanol–water partition coefficient (Wildman–Crippen LogP) is 1.92. The summed E-state index contributed by atoms with van der Waals surface area (Å²) in [6, 6.07) is -3.14. The summed E-state index contributed by atoms with van der Waals surface area (Å²) < 4.78 is 0. The van der Waals surface area contributed by atoms with Crippen LogP contribution in [0.4, 0.5) is 0 Å². The van der Waals surface area contributed by atoms with Gasteiger partial charge in [-0.2, -0.15) is 11.8 Å². The molecule has 0 aromatic carbocycles. The van der Waals surface area contributed by atoms with Crippen LogP contribution in [0, 0.1) is 0 Å². The fourth-order valence-corrected chi connectivity index (χ4v) is 5.56. The SMILES string of the molecule is CCCCCCCCCCCC(=O)NCC(=O)N1CC(O)CC1C(=O)N[C@@H](CCSC)C(=O)N[C@@H](CCCCN)C(=O)O. The number of hydrogen-bond donors (Lipinski definition) is 6. The summed E-state index contributed by atoms with van der Waals surface area (Å²) in [4.78, 5) is 64.3. The zero-order chi connectivity index (χ0) is 32.0. The maximum absolute atomic E-state index is 13.2. The van der Waals surface area contributed by atoms with Crippen LogP contribution in [-0.2, 0) is 24.0 Å². The predicted molar refractivity (Wildman–Crippen MR) is 168 cm³/mol. The van der Waals surface area contributed by atoms with Crippen LogP contribution in [0.2, 0.25) is 0 Å². The normalized spacial score (nSPS) is 17.7. The Balaban J connectivity index is 2.61. The van der Waals surface area contributed by atoms with Gasteiger partial charge in [-0.3, -0.25) is 19.2 Å². The molecule has 0 saturated carbocycles. The van der Waals surface area contributed by atoms with Gasteiger partial charge in [0.2, 0.25) is 23.6 Å². The Kier molecular flexibility index (Phi) is 20.7. The van der Waals surface area contributed by atoms with Gasteiger partial charge in [-0.15, -0.1) is 0 Å². The molecule has 4 amide bonds. The van der Waals surface area contributed by atoms with Gasteiger partial charge in [0.15, 0.2) is 0 Å². The minimum atomic E-state index is -1.17. The summed E-state index contributed by atoms with van der Waals surface area (Å²) in [5, 5.41) is 27.6. The Hall–Kier alpha value is -2.38. The Morgan fingerprint density at radius 3 is 2.16 bits per heavy atom. The molecule has 248 valence electrons. The number of carbonyl (C=O) groups is 5. The summed E-state index contributed by atoms with van der Waals surface area (Å²) in [7, 11) is 0. The third-order valence-electron chi connectivity index (χ3n) is 7.65. The molecule has 1 aliphatic rings. The van der Waals surface area contributed by atoms with Crippen LogP contribution < -0.4 is 21.7 Å². The molecule has 7 N–H and O–H groups in total. The second-order valence-electron chi connectivity index (χ2n) is 11.3. The van der Waals surface area contributed by atoms with Crippen molar-refractivity contribution in [3.63, 3.8) is 0 Å². The molecule has 1 rings (SSSR count). The zero-order valence-electron chi connectivity index (χ0n) is 26.1. The van der Waals surface area contributed by atoms with Gasteiger partial charge < -0.3 is 36.8 Å². The van der Waals surface area contributed by atoms with Gasteiger partial charge in [0, 0.05) is 19.4 Å². The van der Waals surface area contributed by atoms with Gasteiger partial charge in [0.1, 0.15) is 18.1 Å². The molecule has 1 aliphatic heterocycles. The number of aliphatic hydroxyl groups excluding tert-OH is 1. The van der Waals surface area contributed by atoms with Crippen molar-refractivity contribution in [3.05, 3.63) is 0 Å². The van der Waals surface area contributed by atoms with Crippen molar-refractivity contribution < 1.29 is 34.2 Å². The molecule has 12 nitrogen and oxygen atoms in total. The first kappa shape index (κ1) is 38.6. The minimum Gasteiger partial charge on any atom is -0.480 e. The number of amides is 4. The number of nitrogens with zero attached hydrogens (tertiary/aromatic N) is 1. The van der Waals surface area contributed by atoms with Gasteiger partial charge >= 0.3 is 5.97 Å². The van der Waals surface area contributed by atoms with Crippen LogP contribution >= 0.6 is 11.8 Å². The molecule has 1 saturated heterocycles. The number of nitrogens with two attached hydrogens (primary N) is 1. The van der Waals surface area contributed by atoms with E-state index in [0.717, 1.165) is 19.3 Å². The van der Waals surface area contributed by atoms with Crippen LogP contribution in [0.5, 0.6) is 0 Å². The maximum atomic E-state index is 13.2. The number of rotatable bonds is 24. The van der Waals surface area contributed by atoms with Gasteiger partial charge in [-0.25, -0.2) is 4.79 Å². The number of carboxylic acid groups (broad SMARTS) is 1. The number of likely N-dealkylation sites (tertiary alicyclic amines) is 1. The summed E-state index contributed by atoms with van der Waals surface area (Å²) in [6.45, 7) is 2.27. The molecule has 4 atom stereocenters. The van der Waals surface area contributed by atoms with Crippen LogP contribution in [0.15, 0.2) is 0 Å². The molecule has 13 heteroatoms. The van der Waals surface area contributed by atoms with E-state index >= 15 is 0 Å². The topological polar surface area (TPSA) is 191 Å². The Morgan fingerprint density at radius 2 is 1.56 bits per heavy atom. The Labute approximate surface area is 261 Å². The lowest BCUT2D eigenvalue weighted by atomic mass is 10.1. The molecule has 0 aromatic heterocycles. The molecule has 0 radical (unpaired) electrons. The van der Waals surface area contributed by atoms with Crippen molar-refractivity contribution in [3.8, 4) is 0 Å². The first-order chi connectivity index (χ1) is 20.6. The van der Waals surface area contributed by atoms with Crippen molar-refractivity contribution in [1.29, 1.82) is 0 Å². The number of β-amino-alcohol motifs (C(OH)–C–C–N with tert-alkyl or cyclic N) is 1. The highest BCUT2D eigenvalue weighted by Gasteiger charge is 2.40. The summed E-state index contributed by atoms with van der Waals surface area (Å²) in [5.74, 6) is -2.59. The fraction of sp³-hybridized carbons (Fsp3) is 0.833. The molecular formula is C30H55N5O7S. The number of hydrogen-bond acceptors (Lipinski definition) is 8. The molecule has 0 bridgehead atoms. The molecule has 1 heterocycles. The quantitative estimate of drug-likeness (QED) is 0.0866. The van der Waals surface area contributed by atoms with Crippen molar-refractivity contribution >= 4 is 41.4 Å². The van der Waals surface area contributed by atoms with Crippen LogP contribution in [0.1, 0.15) is 103 Å². The number of nitrogens with one attached hydrogen (secondary N) is 3. The third-order valence-corrected chi connectivity index (χ3v) is 8.30. The Bertz CT molecular complexity index is 863. The lowest BCUT2D eigenvalue weighted by Gasteiger charge is -2.27. The number of aliphatic carboxylic acids is 1. The molecule has 0 aromatic rings. The van der Waals surface area contributed by atoms with Crippen LogP contribution in [-0.4, -0.2) is 101 Å². The van der Waals surface area contributed by atoms with Gasteiger partial charge in [0.05, 0.1) is 12.6 Å². The van der Waals surface area contributed by atoms with E-state index in [1.165, 1.54) is 55.2 Å². The van der Waals surface area contributed by atoms with Gasteiger partial charge in [-0.1, -0.05) is 58.3 Å². The highest BCUT2D eigenvalue weighted by atomic mass is 32.2. The van der Waals surface area contributed by atoms with Crippen molar-refractivity contribution in [2.45, 2.75) is 127 Å². The average Bonchev–Trinajstić information content (AvgIpc) is 3.38. The highest BCUT2D eigenvalue weighted by molar-refractivity contribution is 7.98. The Morgan fingerprint density at radius 1 is 0.907 bits per heavy atom. The minimum absolute atomic E-state index is 0.00231. The monoisotopic (exact) mass is 629 g/mol. The lowest BCUT2D eigenvalue weighted by molar-refractivity contribution is -0.143. The first-order valence-corrected chi connectivity index (χ1v) is 17.3. The lowest BCUT2D eigenvalue weighted by Crippen LogP contribution is -2.56. The second-order valence-corrected chi connectivity index (χ2v) is 12.3. The summed E-state index contributed by atoms with van der Waals surface area (Å²) in [6.07, 6.45) is 13.1. The van der Waals surface area contributed by atoms with E-state index in [1.807, 2.05) is 6.26 Å². The molecular weight excluding hydrogens is 574 g/mol. The molecule has 1 fully saturated rings. The van der Waals surface area contributed by atoms with Crippen LogP contribution in [0.25, 0.3) is 0 Å². The largest absolute Gasteiger partial charge is 0.480 e. The van der Waals surface area contributed by atoms with E-state index in [0.29, 0.717) is 31.6 Å². The summed E-state index contributed by atoms with van der Waals surface area (Å²) >= 11 is 1.47. The fourth-order valence-electron chi connectivity index (χ4n) is 5.09. The number of thioether (sulfide) groups is 1. The van der Waals surface area contributed by atoms with Crippen molar-refractivity contribution in [2.75, 3.05) is 31.6 Å². The van der Waals surface area contributed by atoms with Crippen molar-refractivity contribution in [1.82, 2.24) is 20.9 Å². The van der Waals surface area contributed by atoms with E-state index in [4.69, 9.17) is 5.73 Å². The smallest absolute Gasteiger partial charge is 0.326 e. The zero-order valence-corrected chi connectivity index (χ0v) is 26.9. The van der Waals surface area contributed by atoms with Crippen molar-refractivity contribution in [2.24, 2.45) is 5.73 Å². The standard InChI is InChI=1S/C30H55N5O7S/c1-3-4-5-6-7-8-9-10-11-15-26(37)32-20-27(38)35-21-22(36)19-25(35)29(40)33-23(16-18-43-2)28(39)34-24(30(41)42)14-12-13-17-31/h22-25,36H,3-21,31H2,1-2H3,(H,32,37)(H,33,40)(H,34,39)(H,41,42)/t22?,23-,24-,25?/m0/s1. The van der Waals surface area contributed by atoms with Gasteiger partial charge in [-0.05, 0) is 50.7 Å². The summed E-state index contributed by atoms with van der Waals surface area (Å²) in [5.41, 5.74) is 5.48.